The maximum atomic E-state index is 12.6. The number of hydrogen-bond acceptors (Lipinski definition) is 9. The number of rotatable bonds is 9. The Labute approximate surface area is 246 Å². The number of carbonyl (C=O) groups excluding carboxylic acids is 1. The van der Waals surface area contributed by atoms with Gasteiger partial charge in [0.15, 0.2) is 0 Å². The lowest BCUT2D eigenvalue weighted by atomic mass is 10.0. The molecule has 218 valence electrons. The Morgan fingerprint density at radius 1 is 1.10 bits per heavy atom. The van der Waals surface area contributed by atoms with E-state index in [1.807, 2.05) is 30.3 Å². The molecule has 0 spiro atoms. The molecule has 1 heterocycles. The van der Waals surface area contributed by atoms with Crippen LogP contribution in [0, 0.1) is 11.8 Å². The van der Waals surface area contributed by atoms with Gasteiger partial charge in [0, 0.05) is 62.2 Å². The first kappa shape index (κ1) is 28.9. The first-order valence-corrected chi connectivity index (χ1v) is 14.0. The lowest BCUT2D eigenvalue weighted by Gasteiger charge is -2.20. The van der Waals surface area contributed by atoms with Crippen LogP contribution in [0.1, 0.15) is 17.5 Å². The number of nitrogens with zero attached hydrogens (tertiary/aromatic N) is 3. The standard InChI is InChI=1S/C33H38N6O3/c1-38(36)21-30(35)27-17-28(27)32(29(18-34)33(40)41-2)37-26-11-6-10-24(16-26)23-9-5-7-22(15-23)19-39-13-14-42-31-12-4-3-8-25(31)20-39/h3-12,15-16,18,21,27-28H,13-14,17,19-20,34-36H2,1-2H3/b29-18?,30-21-,37-32?/t27?,28-/m1/s1. The van der Waals surface area contributed by atoms with Crippen molar-refractivity contribution in [3.8, 4) is 16.9 Å². The van der Waals surface area contributed by atoms with E-state index in [2.05, 4.69) is 47.4 Å². The van der Waals surface area contributed by atoms with Gasteiger partial charge in [-0.15, -0.1) is 0 Å². The summed E-state index contributed by atoms with van der Waals surface area (Å²) in [5.41, 5.74) is 18.8. The number of fused-ring (bicyclic) bond motifs is 1. The van der Waals surface area contributed by atoms with Gasteiger partial charge in [0.2, 0.25) is 0 Å². The van der Waals surface area contributed by atoms with Crippen LogP contribution in [0.25, 0.3) is 11.1 Å². The van der Waals surface area contributed by atoms with Crippen molar-refractivity contribution in [1.29, 1.82) is 0 Å². The molecular weight excluding hydrogens is 528 g/mol. The third-order valence-corrected chi connectivity index (χ3v) is 7.56. The van der Waals surface area contributed by atoms with Gasteiger partial charge in [-0.05, 0) is 47.4 Å². The second kappa shape index (κ2) is 12.9. The highest BCUT2D eigenvalue weighted by atomic mass is 16.5. The van der Waals surface area contributed by atoms with Crippen LogP contribution >= 0.6 is 0 Å². The predicted octanol–water partition coefficient (Wildman–Crippen LogP) is 4.08. The Bertz CT molecular complexity index is 1530. The molecule has 1 unspecified atom stereocenters. The molecule has 0 aromatic heterocycles. The van der Waals surface area contributed by atoms with E-state index >= 15 is 0 Å². The van der Waals surface area contributed by atoms with Gasteiger partial charge in [0.05, 0.1) is 24.1 Å². The van der Waals surface area contributed by atoms with Gasteiger partial charge in [0.25, 0.3) is 0 Å². The van der Waals surface area contributed by atoms with Crippen molar-refractivity contribution in [2.24, 2.45) is 34.1 Å². The molecule has 1 aliphatic carbocycles. The van der Waals surface area contributed by atoms with Crippen molar-refractivity contribution in [3.63, 3.8) is 0 Å². The summed E-state index contributed by atoms with van der Waals surface area (Å²) in [4.78, 5) is 19.9. The van der Waals surface area contributed by atoms with Crippen molar-refractivity contribution in [2.45, 2.75) is 19.5 Å². The summed E-state index contributed by atoms with van der Waals surface area (Å²) in [6.07, 6.45) is 3.67. The minimum Gasteiger partial charge on any atom is -0.492 e. The number of para-hydroxylation sites is 1. The average molecular weight is 567 g/mol. The van der Waals surface area contributed by atoms with E-state index in [0.717, 1.165) is 42.9 Å². The highest BCUT2D eigenvalue weighted by molar-refractivity contribution is 6.22. The lowest BCUT2D eigenvalue weighted by Crippen LogP contribution is -2.25. The number of hydrazine groups is 1. The number of hydrogen-bond donors (Lipinski definition) is 3. The first-order chi connectivity index (χ1) is 20.4. The van der Waals surface area contributed by atoms with Gasteiger partial charge >= 0.3 is 5.97 Å². The Kier molecular flexibility index (Phi) is 8.90. The summed E-state index contributed by atoms with van der Waals surface area (Å²) < 4.78 is 10.9. The van der Waals surface area contributed by atoms with Crippen LogP contribution in [-0.2, 0) is 22.6 Å². The third kappa shape index (κ3) is 6.82. The topological polar surface area (TPSA) is 132 Å². The van der Waals surface area contributed by atoms with Gasteiger partial charge in [-0.25, -0.2) is 10.6 Å². The van der Waals surface area contributed by atoms with Crippen molar-refractivity contribution < 1.29 is 14.3 Å². The molecule has 9 heteroatoms. The van der Waals surface area contributed by atoms with Crippen LogP contribution < -0.4 is 22.0 Å². The number of esters is 1. The van der Waals surface area contributed by atoms with Gasteiger partial charge in [-0.1, -0.05) is 48.5 Å². The molecule has 3 aromatic carbocycles. The number of benzene rings is 3. The molecule has 0 radical (unpaired) electrons. The molecule has 9 nitrogen and oxygen atoms in total. The molecule has 2 aliphatic rings. The molecule has 1 aliphatic heterocycles. The molecule has 0 bridgehead atoms. The molecule has 5 rings (SSSR count). The molecule has 2 atom stereocenters. The zero-order chi connectivity index (χ0) is 29.6. The van der Waals surface area contributed by atoms with Crippen molar-refractivity contribution >= 4 is 17.4 Å². The van der Waals surface area contributed by atoms with E-state index in [9.17, 15) is 4.79 Å². The Morgan fingerprint density at radius 3 is 2.62 bits per heavy atom. The smallest absolute Gasteiger partial charge is 0.341 e. The SMILES string of the molecule is COC(=O)C(=CN)C(=Nc1cccc(-c2cccc(CN3CCOc4ccccc4C3)c2)c1)[C@@H]1CC1/C(N)=C/N(C)N. The largest absolute Gasteiger partial charge is 0.492 e. The molecule has 42 heavy (non-hydrogen) atoms. The minimum absolute atomic E-state index is 0.00516. The predicted molar refractivity (Wildman–Crippen MR) is 165 cm³/mol. The normalized spacial score (nSPS) is 19.4. The van der Waals surface area contributed by atoms with E-state index in [4.69, 9.17) is 31.8 Å². The monoisotopic (exact) mass is 566 g/mol. The molecule has 1 saturated carbocycles. The van der Waals surface area contributed by atoms with Gasteiger partial charge in [0.1, 0.15) is 12.4 Å². The van der Waals surface area contributed by atoms with E-state index in [1.54, 1.807) is 13.2 Å². The van der Waals surface area contributed by atoms with Crippen LogP contribution in [-0.4, -0.2) is 48.9 Å². The average Bonchev–Trinajstić information content (AvgIpc) is 3.81. The minimum atomic E-state index is -0.536. The molecule has 0 amide bonds. The summed E-state index contributed by atoms with van der Waals surface area (Å²) in [5, 5.41) is 1.42. The van der Waals surface area contributed by atoms with Crippen LogP contribution in [0.2, 0.25) is 0 Å². The fourth-order valence-electron chi connectivity index (χ4n) is 5.42. The maximum absolute atomic E-state index is 12.6. The highest BCUT2D eigenvalue weighted by Gasteiger charge is 2.45. The fraction of sp³-hybridized carbons (Fsp3) is 0.273. The third-order valence-electron chi connectivity index (χ3n) is 7.56. The Hall–Kier alpha value is -4.60. The number of ether oxygens (including phenoxy) is 2. The van der Waals surface area contributed by atoms with Crippen molar-refractivity contribution in [1.82, 2.24) is 9.91 Å². The van der Waals surface area contributed by atoms with Crippen LogP contribution in [0.3, 0.4) is 0 Å². The lowest BCUT2D eigenvalue weighted by molar-refractivity contribution is -0.135. The zero-order valence-corrected chi connectivity index (χ0v) is 24.1. The quantitative estimate of drug-likeness (QED) is 0.116. The summed E-state index contributed by atoms with van der Waals surface area (Å²) in [6.45, 7) is 3.17. The maximum Gasteiger partial charge on any atom is 0.341 e. The highest BCUT2D eigenvalue weighted by Crippen LogP contribution is 2.46. The van der Waals surface area contributed by atoms with E-state index < -0.39 is 5.97 Å². The molecule has 0 saturated heterocycles. The number of carbonyl (C=O) groups is 1. The van der Waals surface area contributed by atoms with E-state index in [1.165, 1.54) is 29.4 Å². The van der Waals surface area contributed by atoms with Gasteiger partial charge in [-0.3, -0.25) is 9.89 Å². The number of nitrogens with two attached hydrogens (primary N) is 3. The molecule has 1 fully saturated rings. The van der Waals surface area contributed by atoms with Crippen molar-refractivity contribution in [2.75, 3.05) is 27.3 Å². The fourth-order valence-corrected chi connectivity index (χ4v) is 5.42. The molecule has 3 aromatic rings. The van der Waals surface area contributed by atoms with Crippen LogP contribution in [0.5, 0.6) is 5.75 Å². The summed E-state index contributed by atoms with van der Waals surface area (Å²) in [6, 6.07) is 24.7. The van der Waals surface area contributed by atoms with Gasteiger partial charge in [-0.2, -0.15) is 0 Å². The summed E-state index contributed by atoms with van der Waals surface area (Å²) in [5.74, 6) is 6.11. The van der Waals surface area contributed by atoms with E-state index in [-0.39, 0.29) is 17.4 Å². The zero-order valence-electron chi connectivity index (χ0n) is 24.1. The second-order valence-corrected chi connectivity index (χ2v) is 10.7. The molecule has 6 N–H and O–H groups in total. The number of methoxy groups -OCH3 is 1. The first-order valence-electron chi connectivity index (χ1n) is 14.0. The van der Waals surface area contributed by atoms with Crippen molar-refractivity contribution in [3.05, 3.63) is 108 Å². The van der Waals surface area contributed by atoms with E-state index in [0.29, 0.717) is 23.7 Å². The summed E-state index contributed by atoms with van der Waals surface area (Å²) >= 11 is 0. The van der Waals surface area contributed by atoms with Gasteiger partial charge < -0.3 is 25.9 Å². The molecular formula is C33H38N6O3. The Balaban J connectivity index is 1.40. The summed E-state index contributed by atoms with van der Waals surface area (Å²) in [7, 11) is 3.04. The Morgan fingerprint density at radius 2 is 1.86 bits per heavy atom. The van der Waals surface area contributed by atoms with Crippen LogP contribution in [0.15, 0.2) is 101 Å². The second-order valence-electron chi connectivity index (χ2n) is 10.7. The van der Waals surface area contributed by atoms with Crippen LogP contribution in [0.4, 0.5) is 5.69 Å². The number of allylic oxidation sites excluding steroid dienone is 1. The number of aliphatic imine (C=N–C) groups is 1.